The molecule has 2 aliphatic rings. The second kappa shape index (κ2) is 4.65. The molecule has 6 heteroatoms. The van der Waals surface area contributed by atoms with Crippen LogP contribution in [0.3, 0.4) is 0 Å². The molecule has 21 heavy (non-hydrogen) atoms. The molecule has 1 N–H and O–H groups in total. The maximum atomic E-state index is 12.2. The minimum atomic E-state index is -1.03. The Morgan fingerprint density at radius 2 is 2.00 bits per heavy atom. The van der Waals surface area contributed by atoms with Gasteiger partial charge in [-0.1, -0.05) is 18.2 Å². The molecule has 0 radical (unpaired) electrons. The summed E-state index contributed by atoms with van der Waals surface area (Å²) in [6.07, 6.45) is -0.321. The van der Waals surface area contributed by atoms with Crippen LogP contribution >= 0.6 is 0 Å². The summed E-state index contributed by atoms with van der Waals surface area (Å²) in [5.74, 6) is -0.383. The summed E-state index contributed by atoms with van der Waals surface area (Å²) < 4.78 is 9.77. The summed E-state index contributed by atoms with van der Waals surface area (Å²) >= 11 is 0. The van der Waals surface area contributed by atoms with Gasteiger partial charge in [-0.25, -0.2) is 9.59 Å². The number of carbonyl (C=O) groups is 2. The van der Waals surface area contributed by atoms with Crippen molar-refractivity contribution in [1.82, 2.24) is 4.90 Å². The monoisotopic (exact) mass is 290 g/mol. The molecule has 1 aromatic carbocycles. The number of nitrogens with zero attached hydrogens (tertiary/aromatic N) is 1. The number of nitrogens with one attached hydrogen (secondary N) is 1. The van der Waals surface area contributed by atoms with E-state index < -0.39 is 17.6 Å². The molecule has 6 nitrogen and oxygen atoms in total. The van der Waals surface area contributed by atoms with Gasteiger partial charge in [-0.2, -0.15) is 0 Å². The lowest BCUT2D eigenvalue weighted by Gasteiger charge is -2.34. The molecule has 3 rings (SSSR count). The Labute approximate surface area is 123 Å². The van der Waals surface area contributed by atoms with Crippen LogP contribution in [0.2, 0.25) is 0 Å². The SMILES string of the molecule is COC(=O)N1[C@H]2Nc3ccccc3[C@H]2C[C@@]1(C)C(=O)OC. The van der Waals surface area contributed by atoms with E-state index >= 15 is 0 Å². The van der Waals surface area contributed by atoms with Crippen molar-refractivity contribution in [3.05, 3.63) is 29.8 Å². The van der Waals surface area contributed by atoms with Crippen LogP contribution < -0.4 is 5.32 Å². The van der Waals surface area contributed by atoms with Crippen LogP contribution in [0, 0.1) is 0 Å². The van der Waals surface area contributed by atoms with Crippen molar-refractivity contribution in [2.45, 2.75) is 31.0 Å². The van der Waals surface area contributed by atoms with E-state index in [9.17, 15) is 9.59 Å². The van der Waals surface area contributed by atoms with Crippen molar-refractivity contribution >= 4 is 17.7 Å². The number of fused-ring (bicyclic) bond motifs is 3. The molecule has 2 heterocycles. The average Bonchev–Trinajstić information content (AvgIpc) is 2.98. The highest BCUT2D eigenvalue weighted by atomic mass is 16.5. The zero-order chi connectivity index (χ0) is 15.2. The Kier molecular flexibility index (Phi) is 3.04. The maximum Gasteiger partial charge on any atom is 0.412 e. The Hall–Kier alpha value is -2.24. The fourth-order valence-electron chi connectivity index (χ4n) is 3.50. The van der Waals surface area contributed by atoms with Crippen molar-refractivity contribution < 1.29 is 19.1 Å². The first-order valence-electron chi connectivity index (χ1n) is 6.84. The molecule has 3 atom stereocenters. The number of amides is 1. The van der Waals surface area contributed by atoms with Gasteiger partial charge < -0.3 is 14.8 Å². The van der Waals surface area contributed by atoms with Gasteiger partial charge in [0, 0.05) is 11.6 Å². The molecule has 1 saturated heterocycles. The fourth-order valence-corrected chi connectivity index (χ4v) is 3.50. The van der Waals surface area contributed by atoms with Crippen molar-refractivity contribution in [2.24, 2.45) is 0 Å². The summed E-state index contributed by atoms with van der Waals surface area (Å²) in [7, 11) is 2.65. The largest absolute Gasteiger partial charge is 0.467 e. The Morgan fingerprint density at radius 1 is 1.29 bits per heavy atom. The number of hydrogen-bond donors (Lipinski definition) is 1. The quantitative estimate of drug-likeness (QED) is 0.800. The highest BCUT2D eigenvalue weighted by Crippen LogP contribution is 2.50. The predicted molar refractivity (Wildman–Crippen MR) is 75.9 cm³/mol. The highest BCUT2D eigenvalue weighted by molar-refractivity contribution is 5.87. The third-order valence-electron chi connectivity index (χ3n) is 4.47. The normalized spacial score (nSPS) is 29.4. The van der Waals surface area contributed by atoms with E-state index in [4.69, 9.17) is 9.47 Å². The Morgan fingerprint density at radius 3 is 2.67 bits per heavy atom. The van der Waals surface area contributed by atoms with Gasteiger partial charge in [0.25, 0.3) is 0 Å². The zero-order valence-electron chi connectivity index (χ0n) is 12.3. The number of esters is 1. The molecule has 1 amide bonds. The van der Waals surface area contributed by atoms with Gasteiger partial charge in [-0.05, 0) is 25.0 Å². The van der Waals surface area contributed by atoms with Gasteiger partial charge in [0.05, 0.1) is 14.2 Å². The van der Waals surface area contributed by atoms with E-state index in [2.05, 4.69) is 5.32 Å². The molecule has 1 fully saturated rings. The first kappa shape index (κ1) is 13.7. The van der Waals surface area contributed by atoms with E-state index in [0.717, 1.165) is 11.3 Å². The van der Waals surface area contributed by atoms with Crippen LogP contribution in [-0.2, 0) is 14.3 Å². The van der Waals surface area contributed by atoms with Gasteiger partial charge in [0.1, 0.15) is 11.7 Å². The van der Waals surface area contributed by atoms with E-state index in [1.54, 1.807) is 6.92 Å². The zero-order valence-corrected chi connectivity index (χ0v) is 12.3. The predicted octanol–water partition coefficient (Wildman–Crippen LogP) is 1.93. The molecular weight excluding hydrogens is 272 g/mol. The second-order valence-corrected chi connectivity index (χ2v) is 5.59. The van der Waals surface area contributed by atoms with Crippen molar-refractivity contribution in [3.63, 3.8) is 0 Å². The maximum absolute atomic E-state index is 12.2. The number of para-hydroxylation sites is 1. The van der Waals surface area contributed by atoms with Crippen LogP contribution in [0.15, 0.2) is 24.3 Å². The average molecular weight is 290 g/mol. The van der Waals surface area contributed by atoms with Crippen molar-refractivity contribution in [1.29, 1.82) is 0 Å². The van der Waals surface area contributed by atoms with Gasteiger partial charge in [-0.15, -0.1) is 0 Å². The lowest BCUT2D eigenvalue weighted by molar-refractivity contribution is -0.152. The van der Waals surface area contributed by atoms with Gasteiger partial charge in [0.15, 0.2) is 0 Å². The fraction of sp³-hybridized carbons (Fsp3) is 0.467. The number of anilines is 1. The van der Waals surface area contributed by atoms with Crippen LogP contribution in [0.5, 0.6) is 0 Å². The number of methoxy groups -OCH3 is 2. The Bertz CT molecular complexity index is 603. The lowest BCUT2D eigenvalue weighted by Crippen LogP contribution is -2.55. The minimum absolute atomic E-state index is 0.0457. The topological polar surface area (TPSA) is 67.9 Å². The van der Waals surface area contributed by atoms with E-state index in [0.29, 0.717) is 6.42 Å². The standard InChI is InChI=1S/C15H18N2O4/c1-15(13(18)20-2)8-10-9-6-4-5-7-11(9)16-12(10)17(15)14(19)21-3/h4-7,10,12,16H,8H2,1-3H3/t10-,12-,15+/m1/s1. The van der Waals surface area contributed by atoms with Crippen LogP contribution in [0.4, 0.5) is 10.5 Å². The van der Waals surface area contributed by atoms with Crippen molar-refractivity contribution in [3.8, 4) is 0 Å². The molecule has 0 saturated carbocycles. The van der Waals surface area contributed by atoms with Gasteiger partial charge in [0.2, 0.25) is 0 Å². The molecule has 112 valence electrons. The number of hydrogen-bond acceptors (Lipinski definition) is 5. The number of benzene rings is 1. The van der Waals surface area contributed by atoms with Crippen LogP contribution in [0.1, 0.15) is 24.8 Å². The smallest absolute Gasteiger partial charge is 0.412 e. The number of rotatable bonds is 1. The highest BCUT2D eigenvalue weighted by Gasteiger charge is 2.59. The van der Waals surface area contributed by atoms with E-state index in [1.807, 2.05) is 24.3 Å². The molecule has 1 aromatic rings. The molecule has 0 aliphatic carbocycles. The van der Waals surface area contributed by atoms with Crippen LogP contribution in [0.25, 0.3) is 0 Å². The molecule has 0 bridgehead atoms. The third-order valence-corrected chi connectivity index (χ3v) is 4.47. The summed E-state index contributed by atoms with van der Waals surface area (Å²) in [6.45, 7) is 1.72. The molecule has 2 aliphatic heterocycles. The second-order valence-electron chi connectivity index (χ2n) is 5.59. The number of carbonyl (C=O) groups excluding carboxylic acids is 2. The molecular formula is C15H18N2O4. The van der Waals surface area contributed by atoms with E-state index in [-0.39, 0.29) is 12.1 Å². The third kappa shape index (κ3) is 1.78. The molecule has 0 spiro atoms. The number of likely N-dealkylation sites (tertiary alicyclic amines) is 1. The summed E-state index contributed by atoms with van der Waals surface area (Å²) in [6, 6.07) is 7.89. The first-order valence-corrected chi connectivity index (χ1v) is 6.84. The van der Waals surface area contributed by atoms with Gasteiger partial charge in [-0.3, -0.25) is 4.90 Å². The van der Waals surface area contributed by atoms with Gasteiger partial charge >= 0.3 is 12.1 Å². The summed E-state index contributed by atoms with van der Waals surface area (Å²) in [5.41, 5.74) is 1.08. The minimum Gasteiger partial charge on any atom is -0.467 e. The summed E-state index contributed by atoms with van der Waals surface area (Å²) in [5, 5.41) is 3.31. The van der Waals surface area contributed by atoms with Crippen molar-refractivity contribution in [2.75, 3.05) is 19.5 Å². The Balaban J connectivity index is 2.04. The number of ether oxygens (including phenoxy) is 2. The van der Waals surface area contributed by atoms with Crippen LogP contribution in [-0.4, -0.2) is 42.9 Å². The first-order chi connectivity index (χ1) is 10.0. The molecule has 0 unspecified atom stereocenters. The molecule has 0 aromatic heterocycles. The summed E-state index contributed by atoms with van der Waals surface area (Å²) in [4.78, 5) is 25.9. The van der Waals surface area contributed by atoms with E-state index in [1.165, 1.54) is 19.1 Å². The lowest BCUT2D eigenvalue weighted by atomic mass is 9.90.